The van der Waals surface area contributed by atoms with Gasteiger partial charge in [-0.1, -0.05) is 24.1 Å². The molecule has 5 atom stereocenters. The summed E-state index contributed by atoms with van der Waals surface area (Å²) < 4.78 is 16.9. The highest BCUT2D eigenvalue weighted by Gasteiger charge is 2.55. The Kier molecular flexibility index (Phi) is 6.20. The molecule has 170 valence electrons. The van der Waals surface area contributed by atoms with Crippen LogP contribution in [0.25, 0.3) is 0 Å². The second-order valence-electron chi connectivity index (χ2n) is 9.22. The van der Waals surface area contributed by atoms with Crippen molar-refractivity contribution in [3.05, 3.63) is 34.4 Å². The third-order valence-electron chi connectivity index (χ3n) is 7.05. The van der Waals surface area contributed by atoms with Gasteiger partial charge in [0.05, 0.1) is 0 Å². The molecule has 0 fully saturated rings. The van der Waals surface area contributed by atoms with Crippen molar-refractivity contribution in [2.75, 3.05) is 0 Å². The first kappa shape index (κ1) is 23.3. The van der Waals surface area contributed by atoms with Crippen molar-refractivity contribution in [3.63, 3.8) is 0 Å². The predicted molar refractivity (Wildman–Crippen MR) is 112 cm³/mol. The zero-order chi connectivity index (χ0) is 23.1. The van der Waals surface area contributed by atoms with E-state index in [1.54, 1.807) is 13.0 Å². The van der Waals surface area contributed by atoms with E-state index in [2.05, 4.69) is 0 Å². The zero-order valence-corrected chi connectivity index (χ0v) is 19.1. The van der Waals surface area contributed by atoms with Crippen LogP contribution in [0.4, 0.5) is 0 Å². The molecule has 0 aromatic rings. The Morgan fingerprint density at radius 2 is 1.74 bits per heavy atom. The summed E-state index contributed by atoms with van der Waals surface area (Å²) in [4.78, 5) is 36.3. The van der Waals surface area contributed by atoms with Gasteiger partial charge in [0.2, 0.25) is 0 Å². The molecule has 0 amide bonds. The average molecular weight is 433 g/mol. The van der Waals surface area contributed by atoms with Gasteiger partial charge in [0.25, 0.3) is 5.79 Å². The molecule has 0 unspecified atom stereocenters. The number of allylic oxidation sites excluding steroid dienone is 2. The Morgan fingerprint density at radius 3 is 2.35 bits per heavy atom. The van der Waals surface area contributed by atoms with Gasteiger partial charge in [0.15, 0.2) is 0 Å². The topological polar surface area (TPSA) is 99.1 Å². The first-order valence-corrected chi connectivity index (χ1v) is 10.7. The lowest BCUT2D eigenvalue weighted by atomic mass is 9.59. The van der Waals surface area contributed by atoms with Crippen LogP contribution in [-0.4, -0.2) is 41.0 Å². The van der Waals surface area contributed by atoms with Crippen molar-refractivity contribution in [1.29, 1.82) is 0 Å². The van der Waals surface area contributed by atoms with E-state index in [0.717, 1.165) is 11.1 Å². The minimum Gasteiger partial charge on any atom is -0.462 e. The summed E-state index contributed by atoms with van der Waals surface area (Å²) in [5.41, 5.74) is 1.96. The fourth-order valence-electron chi connectivity index (χ4n) is 5.35. The number of aliphatic hydroxyl groups is 1. The van der Waals surface area contributed by atoms with Gasteiger partial charge in [0.1, 0.15) is 12.2 Å². The number of carbonyl (C=O) groups is 3. The van der Waals surface area contributed by atoms with Crippen molar-refractivity contribution < 1.29 is 33.7 Å². The van der Waals surface area contributed by atoms with Crippen LogP contribution in [0.15, 0.2) is 34.4 Å². The van der Waals surface area contributed by atoms with Gasteiger partial charge in [0, 0.05) is 36.8 Å². The molecule has 0 aromatic carbocycles. The molecule has 7 nitrogen and oxygen atoms in total. The first-order chi connectivity index (χ1) is 14.4. The molecule has 0 radical (unpaired) electrons. The smallest absolute Gasteiger partial charge is 0.336 e. The van der Waals surface area contributed by atoms with E-state index in [4.69, 9.17) is 14.2 Å². The third-order valence-corrected chi connectivity index (χ3v) is 7.05. The second kappa shape index (κ2) is 8.26. The van der Waals surface area contributed by atoms with Gasteiger partial charge < -0.3 is 19.3 Å². The highest BCUT2D eigenvalue weighted by molar-refractivity contribution is 5.92. The maximum atomic E-state index is 12.4. The molecule has 0 saturated carbocycles. The molecular formula is C24H32O7. The Balaban J connectivity index is 2.21. The standard InChI is InChI=1S/C24H32O7/c1-13-7-9-20(29-16(4)25)23(6)18(14(2)8-10-21(23)30-17(5)26)11-19-15(3)22(27)31-24(19,28)12-13/h8,12,18,20-21,28H,7,9-11H2,1-6H3/b13-12-/t18-,20-,21-,23-,24+/m0/s1. The average Bonchev–Trinajstić information content (AvgIpc) is 2.85. The van der Waals surface area contributed by atoms with Gasteiger partial charge in [-0.2, -0.15) is 0 Å². The van der Waals surface area contributed by atoms with E-state index in [1.165, 1.54) is 13.8 Å². The summed E-state index contributed by atoms with van der Waals surface area (Å²) in [6, 6.07) is 0. The Morgan fingerprint density at radius 1 is 1.13 bits per heavy atom. The molecule has 1 heterocycles. The van der Waals surface area contributed by atoms with Crippen molar-refractivity contribution >= 4 is 17.9 Å². The van der Waals surface area contributed by atoms with Crippen LogP contribution >= 0.6 is 0 Å². The van der Waals surface area contributed by atoms with Crippen molar-refractivity contribution in [3.8, 4) is 0 Å². The Labute approximate surface area is 183 Å². The summed E-state index contributed by atoms with van der Waals surface area (Å²) in [5.74, 6) is -3.39. The lowest BCUT2D eigenvalue weighted by molar-refractivity contribution is -0.181. The molecule has 3 aliphatic rings. The first-order valence-electron chi connectivity index (χ1n) is 10.7. The summed E-state index contributed by atoms with van der Waals surface area (Å²) >= 11 is 0. The number of esters is 3. The third kappa shape index (κ3) is 4.20. The van der Waals surface area contributed by atoms with Gasteiger partial charge >= 0.3 is 17.9 Å². The lowest BCUT2D eigenvalue weighted by Gasteiger charge is -2.50. The SMILES string of the molecule is CC(=O)O[C@H]1CC=C(C)[C@@H]2CC3=C(C)C(=O)O[C@]3(O)/C=C(/C)CC[C@H](OC(C)=O)[C@@]12C. The monoisotopic (exact) mass is 432 g/mol. The van der Waals surface area contributed by atoms with Crippen LogP contribution in [0.3, 0.4) is 0 Å². The highest BCUT2D eigenvalue weighted by Crippen LogP contribution is 2.53. The maximum Gasteiger partial charge on any atom is 0.336 e. The fraction of sp³-hybridized carbons (Fsp3) is 0.625. The molecule has 1 aliphatic heterocycles. The predicted octanol–water partition coefficient (Wildman–Crippen LogP) is 3.51. The molecule has 0 aromatic heterocycles. The molecule has 2 aliphatic carbocycles. The fourth-order valence-corrected chi connectivity index (χ4v) is 5.35. The molecule has 1 N–H and O–H groups in total. The molecule has 7 heteroatoms. The van der Waals surface area contributed by atoms with E-state index in [-0.39, 0.29) is 5.92 Å². The Hall–Kier alpha value is -2.41. The maximum absolute atomic E-state index is 12.4. The lowest BCUT2D eigenvalue weighted by Crippen LogP contribution is -2.54. The Bertz CT molecular complexity index is 896. The van der Waals surface area contributed by atoms with E-state index >= 15 is 0 Å². The largest absolute Gasteiger partial charge is 0.462 e. The molecule has 31 heavy (non-hydrogen) atoms. The zero-order valence-electron chi connectivity index (χ0n) is 19.1. The van der Waals surface area contributed by atoms with Crippen LogP contribution in [0, 0.1) is 11.3 Å². The number of fused-ring (bicyclic) bond motifs is 2. The van der Waals surface area contributed by atoms with E-state index < -0.39 is 41.3 Å². The molecule has 0 bridgehead atoms. The van der Waals surface area contributed by atoms with Crippen molar-refractivity contribution in [2.45, 2.75) is 85.2 Å². The number of ether oxygens (including phenoxy) is 3. The van der Waals surface area contributed by atoms with Crippen molar-refractivity contribution in [2.24, 2.45) is 11.3 Å². The van der Waals surface area contributed by atoms with Gasteiger partial charge in [-0.25, -0.2) is 4.79 Å². The second-order valence-corrected chi connectivity index (χ2v) is 9.22. The number of rotatable bonds is 2. The minimum absolute atomic E-state index is 0.243. The van der Waals surface area contributed by atoms with Gasteiger partial charge in [-0.05, 0) is 52.0 Å². The number of hydrogen-bond acceptors (Lipinski definition) is 7. The van der Waals surface area contributed by atoms with E-state index in [0.29, 0.717) is 36.8 Å². The van der Waals surface area contributed by atoms with Crippen LogP contribution < -0.4 is 0 Å². The normalized spacial score (nSPS) is 37.5. The number of carbonyl (C=O) groups excluding carboxylic acids is 3. The van der Waals surface area contributed by atoms with Crippen LogP contribution in [0.1, 0.15) is 67.2 Å². The molecular weight excluding hydrogens is 400 g/mol. The summed E-state index contributed by atoms with van der Waals surface area (Å²) in [6.45, 7) is 10.2. The highest BCUT2D eigenvalue weighted by atomic mass is 16.7. The van der Waals surface area contributed by atoms with Gasteiger partial charge in [-0.3, -0.25) is 9.59 Å². The molecule has 0 saturated heterocycles. The molecule has 0 spiro atoms. The summed E-state index contributed by atoms with van der Waals surface area (Å²) in [7, 11) is 0. The minimum atomic E-state index is -1.80. The quantitative estimate of drug-likeness (QED) is 0.405. The van der Waals surface area contributed by atoms with Crippen LogP contribution in [0.2, 0.25) is 0 Å². The summed E-state index contributed by atoms with van der Waals surface area (Å²) in [6.07, 6.45) is 4.38. The van der Waals surface area contributed by atoms with Crippen LogP contribution in [0.5, 0.6) is 0 Å². The van der Waals surface area contributed by atoms with Gasteiger partial charge in [-0.15, -0.1) is 0 Å². The van der Waals surface area contributed by atoms with Crippen LogP contribution in [-0.2, 0) is 28.6 Å². The number of hydrogen-bond donors (Lipinski definition) is 1. The summed E-state index contributed by atoms with van der Waals surface area (Å²) in [5, 5.41) is 11.3. The van der Waals surface area contributed by atoms with E-state index in [1.807, 2.05) is 26.8 Å². The van der Waals surface area contributed by atoms with E-state index in [9.17, 15) is 19.5 Å². The molecule has 3 rings (SSSR count). The van der Waals surface area contributed by atoms with Crippen molar-refractivity contribution in [1.82, 2.24) is 0 Å².